The molecule has 150 valence electrons. The van der Waals surface area contributed by atoms with Crippen molar-refractivity contribution >= 4 is 27.7 Å². The maximum atomic E-state index is 12.3. The molecule has 0 N–H and O–H groups in total. The van der Waals surface area contributed by atoms with Gasteiger partial charge in [-0.3, -0.25) is 0 Å². The number of rotatable bonds is 8. The number of ether oxygens (including phenoxy) is 2. The van der Waals surface area contributed by atoms with Crippen LogP contribution in [0.1, 0.15) is 10.4 Å². The number of para-hydroxylation sites is 1. The Morgan fingerprint density at radius 2 is 1.55 bits per heavy atom. The Bertz CT molecular complexity index is 1070. The van der Waals surface area contributed by atoms with Gasteiger partial charge in [0.25, 0.3) is 0 Å². The highest BCUT2D eigenvalue weighted by atomic mass is 35.5. The molecule has 8 heteroatoms. The number of hydrogen-bond acceptors (Lipinski definition) is 6. The predicted octanol–water partition coefficient (Wildman–Crippen LogP) is 4.34. The molecule has 0 saturated carbocycles. The van der Waals surface area contributed by atoms with E-state index in [2.05, 4.69) is 0 Å². The van der Waals surface area contributed by atoms with Crippen molar-refractivity contribution in [3.05, 3.63) is 89.4 Å². The Morgan fingerprint density at radius 3 is 2.24 bits per heavy atom. The lowest BCUT2D eigenvalue weighted by molar-refractivity contribution is 0.0450. The molecular weight excluding hydrogens is 416 g/mol. The van der Waals surface area contributed by atoms with Crippen LogP contribution in [0.5, 0.6) is 11.5 Å². The monoisotopic (exact) mass is 432 g/mol. The third-order valence-corrected chi connectivity index (χ3v) is 5.19. The molecule has 0 bridgehead atoms. The summed E-state index contributed by atoms with van der Waals surface area (Å²) < 4.78 is 40.2. The van der Waals surface area contributed by atoms with Gasteiger partial charge in [0.1, 0.15) is 29.6 Å². The zero-order valence-electron chi connectivity index (χ0n) is 15.2. The molecule has 3 aromatic carbocycles. The molecular formula is C21H17ClO6S. The molecule has 0 atom stereocenters. The largest absolute Gasteiger partial charge is 0.490 e. The summed E-state index contributed by atoms with van der Waals surface area (Å²) in [5.74, 6) is 0.200. The average Bonchev–Trinajstić information content (AvgIpc) is 2.72. The summed E-state index contributed by atoms with van der Waals surface area (Å²) in [6, 6.07) is 20.5. The molecule has 0 saturated heterocycles. The lowest BCUT2D eigenvalue weighted by Crippen LogP contribution is -2.13. The van der Waals surface area contributed by atoms with Crippen molar-refractivity contribution in [2.24, 2.45) is 0 Å². The highest BCUT2D eigenvalue weighted by Crippen LogP contribution is 2.21. The average molecular weight is 433 g/mol. The van der Waals surface area contributed by atoms with E-state index in [1.165, 1.54) is 42.5 Å². The minimum Gasteiger partial charge on any atom is -0.490 e. The third-order valence-electron chi connectivity index (χ3n) is 3.71. The van der Waals surface area contributed by atoms with Gasteiger partial charge in [-0.1, -0.05) is 35.9 Å². The molecule has 3 rings (SSSR count). The Labute approximate surface area is 173 Å². The summed E-state index contributed by atoms with van der Waals surface area (Å²) in [4.78, 5) is 12.0. The van der Waals surface area contributed by atoms with Gasteiger partial charge in [0.05, 0.1) is 5.56 Å². The van der Waals surface area contributed by atoms with Crippen molar-refractivity contribution < 1.29 is 26.9 Å². The van der Waals surface area contributed by atoms with E-state index in [1.807, 2.05) is 18.2 Å². The SMILES string of the molecule is O=C(OCCOc1ccccc1)c1ccc(OS(=O)(=O)c2cccc(Cl)c2)cc1. The van der Waals surface area contributed by atoms with Crippen molar-refractivity contribution in [1.29, 1.82) is 0 Å². The number of carbonyl (C=O) groups is 1. The van der Waals surface area contributed by atoms with Crippen molar-refractivity contribution in [3.8, 4) is 11.5 Å². The minimum atomic E-state index is -4.03. The minimum absolute atomic E-state index is 0.0631. The lowest BCUT2D eigenvalue weighted by Gasteiger charge is -2.09. The predicted molar refractivity (Wildman–Crippen MR) is 108 cm³/mol. The van der Waals surface area contributed by atoms with Crippen LogP contribution >= 0.6 is 11.6 Å². The second kappa shape index (κ2) is 9.45. The molecule has 0 amide bonds. The first-order valence-electron chi connectivity index (χ1n) is 8.59. The van der Waals surface area contributed by atoms with E-state index in [-0.39, 0.29) is 34.4 Å². The third kappa shape index (κ3) is 5.97. The van der Waals surface area contributed by atoms with Gasteiger partial charge in [-0.05, 0) is 54.6 Å². The molecule has 0 heterocycles. The van der Waals surface area contributed by atoms with E-state index < -0.39 is 16.1 Å². The van der Waals surface area contributed by atoms with Crippen molar-refractivity contribution in [3.63, 3.8) is 0 Å². The van der Waals surface area contributed by atoms with Gasteiger partial charge in [-0.2, -0.15) is 8.42 Å². The summed E-state index contributed by atoms with van der Waals surface area (Å²) in [5.41, 5.74) is 0.261. The summed E-state index contributed by atoms with van der Waals surface area (Å²) in [6.45, 7) is 0.296. The number of carbonyl (C=O) groups excluding carboxylic acids is 1. The van der Waals surface area contributed by atoms with Gasteiger partial charge in [0.2, 0.25) is 0 Å². The summed E-state index contributed by atoms with van der Waals surface area (Å²) in [5, 5.41) is 0.281. The molecule has 0 aromatic heterocycles. The molecule has 3 aromatic rings. The van der Waals surface area contributed by atoms with Crippen LogP contribution in [-0.4, -0.2) is 27.6 Å². The fraction of sp³-hybridized carbons (Fsp3) is 0.0952. The molecule has 0 aliphatic rings. The van der Waals surface area contributed by atoms with Crippen LogP contribution in [0.3, 0.4) is 0 Å². The van der Waals surface area contributed by atoms with Gasteiger partial charge < -0.3 is 13.7 Å². The number of halogens is 1. The first-order valence-corrected chi connectivity index (χ1v) is 10.4. The van der Waals surface area contributed by atoms with E-state index in [9.17, 15) is 13.2 Å². The molecule has 0 aliphatic heterocycles. The summed E-state index contributed by atoms with van der Waals surface area (Å²) in [6.07, 6.45) is 0. The van der Waals surface area contributed by atoms with E-state index >= 15 is 0 Å². The molecule has 0 radical (unpaired) electrons. The molecule has 0 aliphatic carbocycles. The number of benzene rings is 3. The maximum Gasteiger partial charge on any atom is 0.339 e. The van der Waals surface area contributed by atoms with Gasteiger partial charge in [0, 0.05) is 5.02 Å². The van der Waals surface area contributed by atoms with Crippen LogP contribution in [0, 0.1) is 0 Å². The van der Waals surface area contributed by atoms with E-state index in [1.54, 1.807) is 18.2 Å². The molecule has 29 heavy (non-hydrogen) atoms. The van der Waals surface area contributed by atoms with Crippen LogP contribution in [0.2, 0.25) is 5.02 Å². The number of hydrogen-bond donors (Lipinski definition) is 0. The smallest absolute Gasteiger partial charge is 0.339 e. The van der Waals surface area contributed by atoms with Crippen molar-refractivity contribution in [2.75, 3.05) is 13.2 Å². The zero-order valence-corrected chi connectivity index (χ0v) is 16.7. The lowest BCUT2D eigenvalue weighted by atomic mass is 10.2. The topological polar surface area (TPSA) is 78.9 Å². The fourth-order valence-electron chi connectivity index (χ4n) is 2.34. The quantitative estimate of drug-likeness (QED) is 0.299. The molecule has 0 spiro atoms. The Hall–Kier alpha value is -3.03. The van der Waals surface area contributed by atoms with Crippen LogP contribution in [0.15, 0.2) is 83.8 Å². The zero-order chi connectivity index (χ0) is 20.7. The van der Waals surface area contributed by atoms with Crippen LogP contribution in [0.25, 0.3) is 0 Å². The summed E-state index contributed by atoms with van der Waals surface area (Å²) in [7, 11) is -4.03. The van der Waals surface area contributed by atoms with Gasteiger partial charge in [-0.25, -0.2) is 4.79 Å². The van der Waals surface area contributed by atoms with Crippen LogP contribution < -0.4 is 8.92 Å². The highest BCUT2D eigenvalue weighted by Gasteiger charge is 2.17. The Balaban J connectivity index is 1.53. The van der Waals surface area contributed by atoms with Crippen LogP contribution in [0.4, 0.5) is 0 Å². The second-order valence-electron chi connectivity index (χ2n) is 5.82. The van der Waals surface area contributed by atoms with Gasteiger partial charge in [-0.15, -0.1) is 0 Å². The van der Waals surface area contributed by atoms with Crippen molar-refractivity contribution in [1.82, 2.24) is 0 Å². The van der Waals surface area contributed by atoms with E-state index in [0.29, 0.717) is 5.75 Å². The first kappa shape index (κ1) is 20.7. The molecule has 6 nitrogen and oxygen atoms in total. The van der Waals surface area contributed by atoms with E-state index in [4.69, 9.17) is 25.3 Å². The molecule has 0 unspecified atom stereocenters. The fourth-order valence-corrected chi connectivity index (χ4v) is 3.57. The number of esters is 1. The van der Waals surface area contributed by atoms with Crippen molar-refractivity contribution in [2.45, 2.75) is 4.90 Å². The first-order chi connectivity index (χ1) is 13.9. The van der Waals surface area contributed by atoms with E-state index in [0.717, 1.165) is 0 Å². The standard InChI is InChI=1S/C21H17ClO6S/c22-17-5-4-8-20(15-17)29(24,25)28-19-11-9-16(10-12-19)21(23)27-14-13-26-18-6-2-1-3-7-18/h1-12,15H,13-14H2. The van der Waals surface area contributed by atoms with Gasteiger partial charge >= 0.3 is 16.1 Å². The highest BCUT2D eigenvalue weighted by molar-refractivity contribution is 7.87. The maximum absolute atomic E-state index is 12.3. The Kier molecular flexibility index (Phi) is 6.74. The van der Waals surface area contributed by atoms with Gasteiger partial charge in [0.15, 0.2) is 0 Å². The normalized spacial score (nSPS) is 10.9. The Morgan fingerprint density at radius 1 is 0.828 bits per heavy atom. The molecule has 0 fully saturated rings. The van der Waals surface area contributed by atoms with Crippen LogP contribution in [-0.2, 0) is 14.9 Å². The summed E-state index contributed by atoms with van der Waals surface area (Å²) >= 11 is 5.82. The second-order valence-corrected chi connectivity index (χ2v) is 7.80.